The standard InChI is InChI=1S/C23H27NO3/c1-16(2)19-6-4-18(5-7-19)14-27-24-17(3)20-10-12-22(13-11-20)26-15-23(25)21-8-9-21/h4-7,10-13,16,21H,8-9,14-15H2,1-3H3/b24-17+. The minimum Gasteiger partial charge on any atom is -0.486 e. The van der Waals surface area contributed by atoms with E-state index in [1.165, 1.54) is 5.56 Å². The zero-order chi connectivity index (χ0) is 19.2. The second-order valence-electron chi connectivity index (χ2n) is 7.40. The molecular weight excluding hydrogens is 338 g/mol. The van der Waals surface area contributed by atoms with Gasteiger partial charge < -0.3 is 9.57 Å². The summed E-state index contributed by atoms with van der Waals surface area (Å²) in [6, 6.07) is 16.0. The Morgan fingerprint density at radius 2 is 1.74 bits per heavy atom. The molecule has 0 spiro atoms. The molecule has 0 unspecified atom stereocenters. The fourth-order valence-corrected chi connectivity index (χ4v) is 2.73. The average molecular weight is 365 g/mol. The third kappa shape index (κ3) is 5.68. The first-order chi connectivity index (χ1) is 13.0. The van der Waals surface area contributed by atoms with Crippen LogP contribution in [0.5, 0.6) is 5.75 Å². The van der Waals surface area contributed by atoms with Crippen molar-refractivity contribution in [2.24, 2.45) is 11.1 Å². The van der Waals surface area contributed by atoms with Gasteiger partial charge in [0.15, 0.2) is 5.78 Å². The highest BCUT2D eigenvalue weighted by Gasteiger charge is 2.29. The molecule has 0 aliphatic heterocycles. The Hall–Kier alpha value is -2.62. The molecule has 2 aromatic rings. The number of Topliss-reactive ketones (excluding diaryl/α,β-unsaturated/α-hetero) is 1. The van der Waals surface area contributed by atoms with Gasteiger partial charge in [0, 0.05) is 5.92 Å². The van der Waals surface area contributed by atoms with Gasteiger partial charge in [0.1, 0.15) is 19.0 Å². The van der Waals surface area contributed by atoms with Crippen molar-refractivity contribution in [1.29, 1.82) is 0 Å². The van der Waals surface area contributed by atoms with Crippen molar-refractivity contribution in [3.63, 3.8) is 0 Å². The van der Waals surface area contributed by atoms with Gasteiger partial charge in [-0.25, -0.2) is 0 Å². The van der Waals surface area contributed by atoms with Gasteiger partial charge in [-0.2, -0.15) is 0 Å². The number of ether oxygens (including phenoxy) is 1. The third-order valence-electron chi connectivity index (χ3n) is 4.76. The predicted molar refractivity (Wildman–Crippen MR) is 107 cm³/mol. The molecule has 2 aromatic carbocycles. The van der Waals surface area contributed by atoms with Crippen molar-refractivity contribution < 1.29 is 14.4 Å². The predicted octanol–water partition coefficient (Wildman–Crippen LogP) is 5.11. The van der Waals surface area contributed by atoms with Crippen LogP contribution in [0.25, 0.3) is 0 Å². The van der Waals surface area contributed by atoms with Crippen LogP contribution in [0.15, 0.2) is 53.7 Å². The normalized spacial score (nSPS) is 14.3. The van der Waals surface area contributed by atoms with Gasteiger partial charge in [0.25, 0.3) is 0 Å². The SMILES string of the molecule is C/C(=N\OCc1ccc(C(C)C)cc1)c1ccc(OCC(=O)C2CC2)cc1. The second kappa shape index (κ2) is 8.85. The van der Waals surface area contributed by atoms with E-state index in [1.807, 2.05) is 31.2 Å². The summed E-state index contributed by atoms with van der Waals surface area (Å²) < 4.78 is 5.55. The molecule has 1 fully saturated rings. The second-order valence-corrected chi connectivity index (χ2v) is 7.40. The van der Waals surface area contributed by atoms with E-state index < -0.39 is 0 Å². The Bertz CT molecular complexity index is 787. The van der Waals surface area contributed by atoms with E-state index >= 15 is 0 Å². The molecule has 0 amide bonds. The summed E-state index contributed by atoms with van der Waals surface area (Å²) in [6.07, 6.45) is 2.03. The Balaban J connectivity index is 1.48. The number of carbonyl (C=O) groups is 1. The van der Waals surface area contributed by atoms with Crippen LogP contribution in [0.1, 0.15) is 56.2 Å². The Morgan fingerprint density at radius 3 is 2.33 bits per heavy atom. The number of nitrogens with zero attached hydrogens (tertiary/aromatic N) is 1. The molecule has 1 aliphatic carbocycles. The summed E-state index contributed by atoms with van der Waals surface area (Å²) in [7, 11) is 0. The molecule has 0 bridgehead atoms. The summed E-state index contributed by atoms with van der Waals surface area (Å²) in [4.78, 5) is 17.2. The van der Waals surface area contributed by atoms with E-state index in [2.05, 4.69) is 43.3 Å². The maximum absolute atomic E-state index is 11.7. The lowest BCUT2D eigenvalue weighted by Crippen LogP contribution is -2.12. The van der Waals surface area contributed by atoms with E-state index in [0.29, 0.717) is 18.3 Å². The van der Waals surface area contributed by atoms with Gasteiger partial charge in [0.2, 0.25) is 0 Å². The molecule has 0 aromatic heterocycles. The van der Waals surface area contributed by atoms with E-state index in [4.69, 9.17) is 9.57 Å². The maximum Gasteiger partial charge on any atom is 0.173 e. The lowest BCUT2D eigenvalue weighted by molar-refractivity contribution is -0.122. The third-order valence-corrected chi connectivity index (χ3v) is 4.76. The number of hydrogen-bond acceptors (Lipinski definition) is 4. The highest BCUT2D eigenvalue weighted by Crippen LogP contribution is 2.30. The number of benzene rings is 2. The topological polar surface area (TPSA) is 47.9 Å². The minimum absolute atomic E-state index is 0.162. The zero-order valence-corrected chi connectivity index (χ0v) is 16.3. The maximum atomic E-state index is 11.7. The minimum atomic E-state index is 0.162. The smallest absolute Gasteiger partial charge is 0.173 e. The molecule has 3 rings (SSSR count). The first-order valence-electron chi connectivity index (χ1n) is 9.54. The summed E-state index contributed by atoms with van der Waals surface area (Å²) in [5, 5.41) is 4.20. The van der Waals surface area contributed by atoms with Crippen molar-refractivity contribution >= 4 is 11.5 Å². The van der Waals surface area contributed by atoms with Crippen molar-refractivity contribution in [1.82, 2.24) is 0 Å². The Kier molecular flexibility index (Phi) is 6.28. The van der Waals surface area contributed by atoms with Gasteiger partial charge in [0.05, 0.1) is 5.71 Å². The van der Waals surface area contributed by atoms with E-state index in [1.54, 1.807) is 0 Å². The van der Waals surface area contributed by atoms with Crippen LogP contribution in [-0.4, -0.2) is 18.1 Å². The molecule has 0 N–H and O–H groups in total. The highest BCUT2D eigenvalue weighted by molar-refractivity contribution is 5.98. The number of carbonyl (C=O) groups excluding carboxylic acids is 1. The first kappa shape index (κ1) is 19.2. The van der Waals surface area contributed by atoms with Gasteiger partial charge in [-0.15, -0.1) is 0 Å². The monoisotopic (exact) mass is 365 g/mol. The molecule has 1 saturated carbocycles. The molecule has 0 atom stereocenters. The largest absolute Gasteiger partial charge is 0.486 e. The van der Waals surface area contributed by atoms with Crippen LogP contribution >= 0.6 is 0 Å². The fraction of sp³-hybridized carbons (Fsp3) is 0.391. The van der Waals surface area contributed by atoms with Gasteiger partial charge >= 0.3 is 0 Å². The van der Waals surface area contributed by atoms with Crippen molar-refractivity contribution in [3.05, 3.63) is 65.2 Å². The molecular formula is C23H27NO3. The average Bonchev–Trinajstić information content (AvgIpc) is 3.52. The summed E-state index contributed by atoms with van der Waals surface area (Å²) >= 11 is 0. The molecule has 0 saturated heterocycles. The van der Waals surface area contributed by atoms with E-state index in [9.17, 15) is 4.79 Å². The molecule has 142 valence electrons. The molecule has 4 nitrogen and oxygen atoms in total. The lowest BCUT2D eigenvalue weighted by Gasteiger charge is -2.08. The number of hydrogen-bond donors (Lipinski definition) is 0. The number of oxime groups is 1. The van der Waals surface area contributed by atoms with E-state index in [-0.39, 0.29) is 18.3 Å². The molecule has 27 heavy (non-hydrogen) atoms. The highest BCUT2D eigenvalue weighted by atomic mass is 16.6. The quantitative estimate of drug-likeness (QED) is 0.458. The summed E-state index contributed by atoms with van der Waals surface area (Å²) in [6.45, 7) is 6.88. The molecule has 0 radical (unpaired) electrons. The zero-order valence-electron chi connectivity index (χ0n) is 16.3. The molecule has 0 heterocycles. The Labute approximate surface area is 161 Å². The van der Waals surface area contributed by atoms with Crippen molar-refractivity contribution in [2.45, 2.75) is 46.1 Å². The van der Waals surface area contributed by atoms with Crippen LogP contribution in [-0.2, 0) is 16.2 Å². The first-order valence-corrected chi connectivity index (χ1v) is 9.54. The number of rotatable bonds is 9. The van der Waals surface area contributed by atoms with Crippen LogP contribution in [0.3, 0.4) is 0 Å². The van der Waals surface area contributed by atoms with E-state index in [0.717, 1.165) is 29.7 Å². The van der Waals surface area contributed by atoms with Crippen LogP contribution in [0.4, 0.5) is 0 Å². The van der Waals surface area contributed by atoms with Crippen LogP contribution in [0.2, 0.25) is 0 Å². The fourth-order valence-electron chi connectivity index (χ4n) is 2.73. The molecule has 4 heteroatoms. The Morgan fingerprint density at radius 1 is 1.07 bits per heavy atom. The van der Waals surface area contributed by atoms with Gasteiger partial charge in [-0.05, 0) is 66.6 Å². The summed E-state index contributed by atoms with van der Waals surface area (Å²) in [5.41, 5.74) is 4.18. The summed E-state index contributed by atoms with van der Waals surface area (Å²) in [5.74, 6) is 1.66. The van der Waals surface area contributed by atoms with Gasteiger partial charge in [-0.3, -0.25) is 4.79 Å². The number of ketones is 1. The van der Waals surface area contributed by atoms with Gasteiger partial charge in [-0.1, -0.05) is 43.3 Å². The van der Waals surface area contributed by atoms with Crippen LogP contribution in [0, 0.1) is 5.92 Å². The van der Waals surface area contributed by atoms with Crippen molar-refractivity contribution in [3.8, 4) is 5.75 Å². The lowest BCUT2D eigenvalue weighted by atomic mass is 10.0. The van der Waals surface area contributed by atoms with Crippen molar-refractivity contribution in [2.75, 3.05) is 6.61 Å². The molecule has 1 aliphatic rings. The van der Waals surface area contributed by atoms with Crippen LogP contribution < -0.4 is 4.74 Å².